The lowest BCUT2D eigenvalue weighted by Gasteiger charge is -2.28. The summed E-state index contributed by atoms with van der Waals surface area (Å²) in [6, 6.07) is 0. The van der Waals surface area contributed by atoms with Crippen molar-refractivity contribution in [1.29, 1.82) is 0 Å². The van der Waals surface area contributed by atoms with Crippen LogP contribution in [-0.2, 0) is 4.74 Å². The molecule has 2 nitrogen and oxygen atoms in total. The summed E-state index contributed by atoms with van der Waals surface area (Å²) in [6.45, 7) is 2.15. The van der Waals surface area contributed by atoms with Gasteiger partial charge in [-0.15, -0.1) is 0 Å². The summed E-state index contributed by atoms with van der Waals surface area (Å²) in [5.41, 5.74) is 0. The van der Waals surface area contributed by atoms with Gasteiger partial charge in [0.1, 0.15) is 0 Å². The molecule has 0 aromatic rings. The Bertz CT molecular complexity index is 144. The number of hydrogen-bond donors (Lipinski definition) is 1. The summed E-state index contributed by atoms with van der Waals surface area (Å²) >= 11 is 0. The van der Waals surface area contributed by atoms with Crippen molar-refractivity contribution in [2.24, 2.45) is 11.8 Å². The van der Waals surface area contributed by atoms with Crippen molar-refractivity contribution in [2.45, 2.75) is 44.6 Å². The molecule has 2 rings (SSSR count). The molecule has 1 saturated heterocycles. The highest BCUT2D eigenvalue weighted by Gasteiger charge is 2.33. The van der Waals surface area contributed by atoms with Crippen LogP contribution in [0.2, 0.25) is 0 Å². The summed E-state index contributed by atoms with van der Waals surface area (Å²) in [5, 5.41) is 3.34. The molecule has 0 aromatic heterocycles. The highest BCUT2D eigenvalue weighted by molar-refractivity contribution is 4.84. The Morgan fingerprint density at radius 1 is 1.21 bits per heavy atom. The number of hydrogen-bond acceptors (Lipinski definition) is 2. The van der Waals surface area contributed by atoms with Gasteiger partial charge in [0.25, 0.3) is 0 Å². The van der Waals surface area contributed by atoms with Crippen molar-refractivity contribution in [2.75, 3.05) is 20.2 Å². The van der Waals surface area contributed by atoms with Crippen LogP contribution in [0.15, 0.2) is 0 Å². The molecule has 1 aliphatic carbocycles. The van der Waals surface area contributed by atoms with E-state index in [2.05, 4.69) is 12.4 Å². The largest absolute Gasteiger partial charge is 0.378 e. The van der Waals surface area contributed by atoms with Crippen molar-refractivity contribution < 1.29 is 4.74 Å². The molecule has 2 atom stereocenters. The van der Waals surface area contributed by atoms with Crippen molar-refractivity contribution in [1.82, 2.24) is 5.32 Å². The Kier molecular flexibility index (Phi) is 3.82. The molecule has 0 radical (unpaired) electrons. The van der Waals surface area contributed by atoms with E-state index in [-0.39, 0.29) is 0 Å². The SMILES string of the molecule is CNCC(C1CCCC1)C1CCCO1. The van der Waals surface area contributed by atoms with Crippen LogP contribution in [0.4, 0.5) is 0 Å². The van der Waals surface area contributed by atoms with E-state index >= 15 is 0 Å². The molecular formula is C12H23NO. The minimum absolute atomic E-state index is 0.561. The van der Waals surface area contributed by atoms with Crippen LogP contribution in [0.25, 0.3) is 0 Å². The molecule has 1 N–H and O–H groups in total. The van der Waals surface area contributed by atoms with Gasteiger partial charge in [-0.1, -0.05) is 25.7 Å². The zero-order chi connectivity index (χ0) is 9.80. The molecule has 0 amide bonds. The zero-order valence-electron chi connectivity index (χ0n) is 9.30. The molecule has 2 fully saturated rings. The average Bonchev–Trinajstić information content (AvgIpc) is 2.87. The van der Waals surface area contributed by atoms with Gasteiger partial charge in [-0.05, 0) is 25.8 Å². The summed E-state index contributed by atoms with van der Waals surface area (Å²) in [7, 11) is 2.07. The van der Waals surface area contributed by atoms with Crippen LogP contribution in [0.5, 0.6) is 0 Å². The van der Waals surface area contributed by atoms with E-state index in [1.165, 1.54) is 38.5 Å². The molecule has 0 bridgehead atoms. The van der Waals surface area contributed by atoms with Crippen LogP contribution in [0.1, 0.15) is 38.5 Å². The Morgan fingerprint density at radius 2 is 2.00 bits per heavy atom. The van der Waals surface area contributed by atoms with Crippen LogP contribution in [0.3, 0.4) is 0 Å². The quantitative estimate of drug-likeness (QED) is 0.746. The van der Waals surface area contributed by atoms with Gasteiger partial charge in [0.15, 0.2) is 0 Å². The maximum atomic E-state index is 5.84. The van der Waals surface area contributed by atoms with Gasteiger partial charge in [0, 0.05) is 19.1 Å². The summed E-state index contributed by atoms with van der Waals surface area (Å²) in [6.07, 6.45) is 8.89. The number of nitrogens with one attached hydrogen (secondary N) is 1. The highest BCUT2D eigenvalue weighted by atomic mass is 16.5. The minimum Gasteiger partial charge on any atom is -0.378 e. The van der Waals surface area contributed by atoms with E-state index in [0.717, 1.165) is 25.0 Å². The molecule has 14 heavy (non-hydrogen) atoms. The lowest BCUT2D eigenvalue weighted by molar-refractivity contribution is 0.0395. The molecule has 1 aliphatic heterocycles. The Morgan fingerprint density at radius 3 is 2.57 bits per heavy atom. The van der Waals surface area contributed by atoms with Crippen LogP contribution in [0, 0.1) is 11.8 Å². The summed E-state index contributed by atoms with van der Waals surface area (Å²) < 4.78 is 5.84. The van der Waals surface area contributed by atoms with E-state index in [4.69, 9.17) is 4.74 Å². The fourth-order valence-electron chi connectivity index (χ4n) is 3.16. The predicted octanol–water partition coefficient (Wildman–Crippen LogP) is 2.19. The van der Waals surface area contributed by atoms with Gasteiger partial charge >= 0.3 is 0 Å². The van der Waals surface area contributed by atoms with E-state index in [0.29, 0.717) is 6.10 Å². The molecule has 1 heterocycles. The lowest BCUT2D eigenvalue weighted by Crippen LogP contribution is -2.34. The molecular weight excluding hydrogens is 174 g/mol. The van der Waals surface area contributed by atoms with E-state index in [1.54, 1.807) is 0 Å². The predicted molar refractivity (Wildman–Crippen MR) is 58.3 cm³/mol. The van der Waals surface area contributed by atoms with E-state index in [9.17, 15) is 0 Å². The van der Waals surface area contributed by atoms with Gasteiger partial charge in [0.2, 0.25) is 0 Å². The fourth-order valence-corrected chi connectivity index (χ4v) is 3.16. The lowest BCUT2D eigenvalue weighted by atomic mass is 9.85. The smallest absolute Gasteiger partial charge is 0.0618 e. The second-order valence-corrected chi connectivity index (χ2v) is 4.82. The van der Waals surface area contributed by atoms with Crippen LogP contribution < -0.4 is 5.32 Å². The summed E-state index contributed by atoms with van der Waals surface area (Å²) in [5.74, 6) is 1.72. The van der Waals surface area contributed by atoms with Gasteiger partial charge in [-0.25, -0.2) is 0 Å². The molecule has 2 aliphatic rings. The van der Waals surface area contributed by atoms with Gasteiger partial charge in [-0.3, -0.25) is 0 Å². The Labute approximate surface area is 87.4 Å². The maximum absolute atomic E-state index is 5.84. The third-order valence-corrected chi connectivity index (χ3v) is 3.89. The summed E-state index contributed by atoms with van der Waals surface area (Å²) in [4.78, 5) is 0. The number of ether oxygens (including phenoxy) is 1. The first-order chi connectivity index (χ1) is 6.92. The average molecular weight is 197 g/mol. The third-order valence-electron chi connectivity index (χ3n) is 3.89. The zero-order valence-corrected chi connectivity index (χ0v) is 9.30. The van der Waals surface area contributed by atoms with E-state index in [1.807, 2.05) is 0 Å². The Balaban J connectivity index is 1.91. The van der Waals surface area contributed by atoms with Crippen molar-refractivity contribution in [3.05, 3.63) is 0 Å². The standard InChI is InChI=1S/C12H23NO/c1-13-9-11(10-5-2-3-6-10)12-7-4-8-14-12/h10-13H,2-9H2,1H3. The first kappa shape index (κ1) is 10.4. The van der Waals surface area contributed by atoms with Crippen molar-refractivity contribution in [3.8, 4) is 0 Å². The van der Waals surface area contributed by atoms with Gasteiger partial charge < -0.3 is 10.1 Å². The highest BCUT2D eigenvalue weighted by Crippen LogP contribution is 2.36. The van der Waals surface area contributed by atoms with Gasteiger partial charge in [-0.2, -0.15) is 0 Å². The van der Waals surface area contributed by atoms with Crippen molar-refractivity contribution in [3.63, 3.8) is 0 Å². The molecule has 2 heteroatoms. The first-order valence-electron chi connectivity index (χ1n) is 6.18. The minimum atomic E-state index is 0.561. The molecule has 0 aromatic carbocycles. The molecule has 0 spiro atoms. The number of rotatable bonds is 4. The fraction of sp³-hybridized carbons (Fsp3) is 1.00. The Hall–Kier alpha value is -0.0800. The molecule has 82 valence electrons. The van der Waals surface area contributed by atoms with Gasteiger partial charge in [0.05, 0.1) is 6.10 Å². The maximum Gasteiger partial charge on any atom is 0.0618 e. The van der Waals surface area contributed by atoms with E-state index < -0.39 is 0 Å². The molecule has 1 saturated carbocycles. The third kappa shape index (κ3) is 2.29. The topological polar surface area (TPSA) is 21.3 Å². The second-order valence-electron chi connectivity index (χ2n) is 4.82. The monoisotopic (exact) mass is 197 g/mol. The first-order valence-corrected chi connectivity index (χ1v) is 6.18. The van der Waals surface area contributed by atoms with Crippen LogP contribution >= 0.6 is 0 Å². The molecule has 2 unspecified atom stereocenters. The second kappa shape index (κ2) is 5.13. The van der Waals surface area contributed by atoms with Crippen molar-refractivity contribution >= 4 is 0 Å². The van der Waals surface area contributed by atoms with Crippen LogP contribution in [-0.4, -0.2) is 26.3 Å². The normalized spacial score (nSPS) is 31.1.